The van der Waals surface area contributed by atoms with Crippen molar-refractivity contribution < 1.29 is 13.9 Å². The van der Waals surface area contributed by atoms with E-state index in [0.717, 1.165) is 29.5 Å². The molecule has 1 N–H and O–H groups in total. The predicted molar refractivity (Wildman–Crippen MR) is 142 cm³/mol. The molecule has 0 fully saturated rings. The van der Waals surface area contributed by atoms with Crippen molar-refractivity contribution in [2.24, 2.45) is 0 Å². The highest BCUT2D eigenvalue weighted by Crippen LogP contribution is 2.32. The van der Waals surface area contributed by atoms with E-state index in [4.69, 9.17) is 20.8 Å². The van der Waals surface area contributed by atoms with Gasteiger partial charge >= 0.3 is 0 Å². The Kier molecular flexibility index (Phi) is 7.76. The van der Waals surface area contributed by atoms with E-state index in [1.54, 1.807) is 12.1 Å². The second kappa shape index (κ2) is 11.0. The Morgan fingerprint density at radius 3 is 2.37 bits per heavy atom. The first-order valence-corrected chi connectivity index (χ1v) is 12.5. The number of oxazole rings is 1. The molecule has 0 bridgehead atoms. The summed E-state index contributed by atoms with van der Waals surface area (Å²) in [6.45, 7) is 8.59. The fourth-order valence-corrected chi connectivity index (χ4v) is 3.99. The Morgan fingerprint density at radius 1 is 0.971 bits per heavy atom. The molecule has 1 aromatic heterocycles. The third-order valence-corrected chi connectivity index (χ3v) is 6.84. The Labute approximate surface area is 211 Å². The van der Waals surface area contributed by atoms with Crippen molar-refractivity contribution in [1.82, 2.24) is 4.98 Å². The molecule has 4 rings (SSSR count). The number of hydrogen-bond donors (Lipinski definition) is 1. The molecule has 1 heterocycles. The summed E-state index contributed by atoms with van der Waals surface area (Å²) in [6, 6.07) is 19.3. The highest BCUT2D eigenvalue weighted by Gasteiger charge is 2.14. The molecular weight excluding hydrogens is 460 g/mol. The summed E-state index contributed by atoms with van der Waals surface area (Å²) in [4.78, 5) is 17.2. The Balaban J connectivity index is 1.45. The molecule has 0 saturated carbocycles. The zero-order valence-electron chi connectivity index (χ0n) is 20.6. The van der Waals surface area contributed by atoms with E-state index >= 15 is 0 Å². The molecule has 0 aliphatic carbocycles. The van der Waals surface area contributed by atoms with E-state index in [1.165, 1.54) is 11.1 Å². The van der Waals surface area contributed by atoms with Crippen molar-refractivity contribution in [3.05, 3.63) is 76.8 Å². The molecule has 1 amide bonds. The Bertz CT molecular complexity index is 1310. The van der Waals surface area contributed by atoms with Crippen LogP contribution in [0.15, 0.2) is 65.1 Å². The van der Waals surface area contributed by atoms with Gasteiger partial charge in [-0.25, -0.2) is 4.98 Å². The quantitative estimate of drug-likeness (QED) is 0.257. The fourth-order valence-electron chi connectivity index (χ4n) is 3.83. The number of hydrogen-bond acceptors (Lipinski definition) is 4. The minimum absolute atomic E-state index is 0.121. The minimum Gasteiger partial charge on any atom is -0.484 e. The van der Waals surface area contributed by atoms with Gasteiger partial charge in [0.15, 0.2) is 12.2 Å². The average Bonchev–Trinajstić information content (AvgIpc) is 3.31. The van der Waals surface area contributed by atoms with Crippen molar-refractivity contribution in [2.45, 2.75) is 52.4 Å². The number of carbonyl (C=O) groups is 1. The van der Waals surface area contributed by atoms with E-state index in [0.29, 0.717) is 34.2 Å². The highest BCUT2D eigenvalue weighted by atomic mass is 35.5. The van der Waals surface area contributed by atoms with Crippen molar-refractivity contribution in [3.63, 3.8) is 0 Å². The molecule has 6 heteroatoms. The summed E-state index contributed by atoms with van der Waals surface area (Å²) in [7, 11) is 0. The molecule has 2 atom stereocenters. The topological polar surface area (TPSA) is 64.4 Å². The van der Waals surface area contributed by atoms with Gasteiger partial charge in [-0.3, -0.25) is 4.79 Å². The molecule has 3 aromatic carbocycles. The number of fused-ring (bicyclic) bond motifs is 1. The monoisotopic (exact) mass is 490 g/mol. The van der Waals surface area contributed by atoms with Gasteiger partial charge in [-0.2, -0.15) is 0 Å². The largest absolute Gasteiger partial charge is 0.484 e. The van der Waals surface area contributed by atoms with Gasteiger partial charge in [0, 0.05) is 5.56 Å². The van der Waals surface area contributed by atoms with Crippen molar-refractivity contribution in [2.75, 3.05) is 11.9 Å². The first-order valence-electron chi connectivity index (χ1n) is 12.1. The lowest BCUT2D eigenvalue weighted by atomic mass is 9.98. The normalized spacial score (nSPS) is 12.9. The van der Waals surface area contributed by atoms with Crippen molar-refractivity contribution in [3.8, 4) is 17.2 Å². The van der Waals surface area contributed by atoms with Crippen LogP contribution in [-0.2, 0) is 4.79 Å². The van der Waals surface area contributed by atoms with E-state index in [2.05, 4.69) is 50.1 Å². The third kappa shape index (κ3) is 5.85. The zero-order valence-corrected chi connectivity index (χ0v) is 21.4. The second-order valence-electron chi connectivity index (χ2n) is 8.97. The number of benzene rings is 3. The van der Waals surface area contributed by atoms with E-state index in [9.17, 15) is 4.79 Å². The van der Waals surface area contributed by atoms with E-state index in [-0.39, 0.29) is 12.5 Å². The van der Waals surface area contributed by atoms with Crippen LogP contribution in [0.3, 0.4) is 0 Å². The van der Waals surface area contributed by atoms with Gasteiger partial charge in [0.1, 0.15) is 11.3 Å². The first kappa shape index (κ1) is 24.8. The lowest BCUT2D eigenvalue weighted by Crippen LogP contribution is -2.20. The van der Waals surface area contributed by atoms with Gasteiger partial charge in [0.25, 0.3) is 5.91 Å². The first-order chi connectivity index (χ1) is 16.9. The van der Waals surface area contributed by atoms with E-state index in [1.807, 2.05) is 36.4 Å². The van der Waals surface area contributed by atoms with Gasteiger partial charge in [0.2, 0.25) is 5.89 Å². The molecule has 5 nitrogen and oxygen atoms in total. The fraction of sp³-hybridized carbons (Fsp3) is 0.310. The molecule has 0 radical (unpaired) electrons. The molecule has 182 valence electrons. The number of aromatic nitrogens is 1. The predicted octanol–water partition coefficient (Wildman–Crippen LogP) is 8.19. The van der Waals surface area contributed by atoms with Crippen LogP contribution in [0.25, 0.3) is 22.6 Å². The van der Waals surface area contributed by atoms with Gasteiger partial charge in [-0.1, -0.05) is 57.5 Å². The van der Waals surface area contributed by atoms with Gasteiger partial charge < -0.3 is 14.5 Å². The number of ether oxygens (including phenoxy) is 1. The number of carbonyl (C=O) groups excluding carboxylic acids is 1. The molecule has 0 aliphatic rings. The van der Waals surface area contributed by atoms with Crippen LogP contribution in [-0.4, -0.2) is 17.5 Å². The van der Waals surface area contributed by atoms with Crippen LogP contribution in [0.2, 0.25) is 5.02 Å². The Hall–Kier alpha value is -3.31. The molecular formula is C29H31ClN2O3. The summed E-state index contributed by atoms with van der Waals surface area (Å²) in [5.74, 6) is 1.77. The molecule has 0 saturated heterocycles. The second-order valence-corrected chi connectivity index (χ2v) is 9.37. The van der Waals surface area contributed by atoms with Crippen LogP contribution in [0.5, 0.6) is 5.75 Å². The molecule has 4 aromatic rings. The molecule has 0 aliphatic heterocycles. The average molecular weight is 491 g/mol. The number of nitrogens with zero attached hydrogens (tertiary/aromatic N) is 1. The summed E-state index contributed by atoms with van der Waals surface area (Å²) >= 11 is 6.35. The van der Waals surface area contributed by atoms with Crippen LogP contribution in [0.4, 0.5) is 5.69 Å². The van der Waals surface area contributed by atoms with Crippen LogP contribution < -0.4 is 10.1 Å². The van der Waals surface area contributed by atoms with Gasteiger partial charge in [-0.15, -0.1) is 0 Å². The minimum atomic E-state index is -0.300. The smallest absolute Gasteiger partial charge is 0.262 e. The van der Waals surface area contributed by atoms with Crippen LogP contribution >= 0.6 is 11.6 Å². The maximum Gasteiger partial charge on any atom is 0.262 e. The summed E-state index contributed by atoms with van der Waals surface area (Å²) in [5.41, 5.74) is 5.23. The maximum atomic E-state index is 12.5. The number of amides is 1. The number of halogens is 1. The Morgan fingerprint density at radius 2 is 1.66 bits per heavy atom. The van der Waals surface area contributed by atoms with Crippen LogP contribution in [0.1, 0.15) is 63.5 Å². The standard InChI is InChI=1S/C29H31ClN2O3/c1-5-18(3)20-7-11-23(12-8-20)34-17-28(33)31-25-16-22(9-13-24(25)30)29-32-26-15-21(19(4)6-2)10-14-27(26)35-29/h7-16,18-19H,5-6,17H2,1-4H3,(H,31,33)/t18-,19-/m0/s1. The lowest BCUT2D eigenvalue weighted by Gasteiger charge is -2.11. The third-order valence-electron chi connectivity index (χ3n) is 6.51. The molecule has 35 heavy (non-hydrogen) atoms. The van der Waals surface area contributed by atoms with Gasteiger partial charge in [-0.05, 0) is 78.3 Å². The molecule has 0 spiro atoms. The lowest BCUT2D eigenvalue weighted by molar-refractivity contribution is -0.118. The molecule has 0 unspecified atom stereocenters. The van der Waals surface area contributed by atoms with Crippen LogP contribution in [0, 0.1) is 0 Å². The maximum absolute atomic E-state index is 12.5. The highest BCUT2D eigenvalue weighted by molar-refractivity contribution is 6.33. The zero-order chi connectivity index (χ0) is 24.9. The number of rotatable bonds is 9. The van der Waals surface area contributed by atoms with Gasteiger partial charge in [0.05, 0.1) is 10.7 Å². The number of nitrogens with one attached hydrogen (secondary N) is 1. The summed E-state index contributed by atoms with van der Waals surface area (Å²) < 4.78 is 11.6. The summed E-state index contributed by atoms with van der Waals surface area (Å²) in [6.07, 6.45) is 2.13. The van der Waals surface area contributed by atoms with E-state index < -0.39 is 0 Å². The summed E-state index contributed by atoms with van der Waals surface area (Å²) in [5, 5.41) is 3.26. The van der Waals surface area contributed by atoms with Crippen molar-refractivity contribution in [1.29, 1.82) is 0 Å². The SMILES string of the molecule is CC[C@H](C)c1ccc(OCC(=O)Nc2cc(-c3nc4cc([C@@H](C)CC)ccc4o3)ccc2Cl)cc1. The number of anilines is 1. The van der Waals surface area contributed by atoms with Crippen molar-refractivity contribution >= 4 is 34.3 Å².